The van der Waals surface area contributed by atoms with E-state index in [-0.39, 0.29) is 5.63 Å². The summed E-state index contributed by atoms with van der Waals surface area (Å²) in [5, 5.41) is 3.34. The van der Waals surface area contributed by atoms with Crippen LogP contribution >= 0.6 is 0 Å². The standard InChI is InChI=1S/C10H16N2O2/c1-12-9(6-10(13)14-12)3-2-8-4-5-11-7-8/h6,8,11H,2-5,7H2,1H3. The van der Waals surface area contributed by atoms with Gasteiger partial charge in [-0.3, -0.25) is 0 Å². The van der Waals surface area contributed by atoms with Gasteiger partial charge in [0.15, 0.2) is 0 Å². The zero-order valence-electron chi connectivity index (χ0n) is 8.45. The van der Waals surface area contributed by atoms with Crippen molar-refractivity contribution in [3.05, 3.63) is 22.2 Å². The molecule has 0 aliphatic carbocycles. The van der Waals surface area contributed by atoms with Crippen molar-refractivity contribution < 1.29 is 4.52 Å². The van der Waals surface area contributed by atoms with Crippen LogP contribution in [0.5, 0.6) is 0 Å². The quantitative estimate of drug-likeness (QED) is 0.766. The highest BCUT2D eigenvalue weighted by Gasteiger charge is 2.15. The Morgan fingerprint density at radius 1 is 1.71 bits per heavy atom. The molecule has 1 aromatic rings. The molecule has 1 fully saturated rings. The van der Waals surface area contributed by atoms with Gasteiger partial charge in [0.1, 0.15) is 0 Å². The molecule has 1 aromatic heterocycles. The van der Waals surface area contributed by atoms with E-state index >= 15 is 0 Å². The van der Waals surface area contributed by atoms with E-state index in [4.69, 9.17) is 4.52 Å². The fourth-order valence-corrected chi connectivity index (χ4v) is 1.99. The molecule has 14 heavy (non-hydrogen) atoms. The van der Waals surface area contributed by atoms with Crippen LogP contribution in [0.3, 0.4) is 0 Å². The summed E-state index contributed by atoms with van der Waals surface area (Å²) in [6, 6.07) is 1.59. The van der Waals surface area contributed by atoms with Crippen LogP contribution in [-0.2, 0) is 13.5 Å². The maximum Gasteiger partial charge on any atom is 0.357 e. The molecule has 1 aliphatic rings. The van der Waals surface area contributed by atoms with Crippen LogP contribution in [-0.4, -0.2) is 17.8 Å². The highest BCUT2D eigenvalue weighted by molar-refractivity contribution is 4.98. The number of aromatic nitrogens is 1. The van der Waals surface area contributed by atoms with Crippen molar-refractivity contribution in [2.45, 2.75) is 19.3 Å². The Morgan fingerprint density at radius 3 is 3.14 bits per heavy atom. The maximum absolute atomic E-state index is 10.9. The van der Waals surface area contributed by atoms with Gasteiger partial charge in [-0.15, -0.1) is 0 Å². The second kappa shape index (κ2) is 4.00. The molecule has 1 N–H and O–H groups in total. The molecular formula is C10H16N2O2. The topological polar surface area (TPSA) is 47.2 Å². The summed E-state index contributed by atoms with van der Waals surface area (Å²) in [6.07, 6.45) is 3.33. The fraction of sp³-hybridized carbons (Fsp3) is 0.700. The van der Waals surface area contributed by atoms with E-state index < -0.39 is 0 Å². The Kier molecular flexibility index (Phi) is 2.72. The normalized spacial score (nSPS) is 21.6. The third-order valence-corrected chi connectivity index (χ3v) is 2.89. The Hall–Kier alpha value is -1.03. The van der Waals surface area contributed by atoms with Gasteiger partial charge in [0.25, 0.3) is 0 Å². The first kappa shape index (κ1) is 9.52. The molecule has 0 amide bonds. The summed E-state index contributed by atoms with van der Waals surface area (Å²) >= 11 is 0. The van der Waals surface area contributed by atoms with E-state index in [1.54, 1.807) is 17.9 Å². The summed E-state index contributed by atoms with van der Waals surface area (Å²) in [5.41, 5.74) is 0.758. The average molecular weight is 196 g/mol. The van der Waals surface area contributed by atoms with E-state index in [2.05, 4.69) is 5.32 Å². The predicted octanol–water partition coefficient (Wildman–Crippen LogP) is 0.520. The van der Waals surface area contributed by atoms with Crippen LogP contribution in [0.15, 0.2) is 15.4 Å². The zero-order valence-corrected chi connectivity index (χ0v) is 8.45. The summed E-state index contributed by atoms with van der Waals surface area (Å²) in [7, 11) is 1.78. The van der Waals surface area contributed by atoms with Crippen LogP contribution in [0.1, 0.15) is 18.5 Å². The third-order valence-electron chi connectivity index (χ3n) is 2.89. The summed E-state index contributed by atoms with van der Waals surface area (Å²) in [6.45, 7) is 2.25. The average Bonchev–Trinajstić information content (AvgIpc) is 2.72. The minimum absolute atomic E-state index is 0.243. The molecule has 0 saturated carbocycles. The van der Waals surface area contributed by atoms with Crippen LogP contribution < -0.4 is 10.9 Å². The first-order chi connectivity index (χ1) is 6.75. The van der Waals surface area contributed by atoms with Crippen LogP contribution in [0.25, 0.3) is 0 Å². The van der Waals surface area contributed by atoms with Gasteiger partial charge in [0.2, 0.25) is 0 Å². The van der Waals surface area contributed by atoms with Crippen LogP contribution in [0, 0.1) is 5.92 Å². The Balaban J connectivity index is 1.90. The lowest BCUT2D eigenvalue weighted by Gasteiger charge is -2.06. The Labute approximate surface area is 82.9 Å². The molecule has 1 unspecified atom stereocenters. The van der Waals surface area contributed by atoms with Crippen molar-refractivity contribution in [2.75, 3.05) is 13.1 Å². The molecule has 4 nitrogen and oxygen atoms in total. The number of nitrogens with zero attached hydrogens (tertiary/aromatic N) is 1. The van der Waals surface area contributed by atoms with Crippen molar-refractivity contribution >= 4 is 0 Å². The van der Waals surface area contributed by atoms with Crippen molar-refractivity contribution in [3.63, 3.8) is 0 Å². The van der Waals surface area contributed by atoms with Crippen molar-refractivity contribution in [1.29, 1.82) is 0 Å². The second-order valence-electron chi connectivity index (χ2n) is 3.94. The van der Waals surface area contributed by atoms with E-state index in [0.29, 0.717) is 0 Å². The van der Waals surface area contributed by atoms with E-state index in [1.165, 1.54) is 6.42 Å². The summed E-state index contributed by atoms with van der Waals surface area (Å²) < 4.78 is 6.45. The highest BCUT2D eigenvalue weighted by Crippen LogP contribution is 2.14. The van der Waals surface area contributed by atoms with E-state index in [1.807, 2.05) is 0 Å². The Bertz CT molecular complexity index is 347. The van der Waals surface area contributed by atoms with Crippen molar-refractivity contribution in [1.82, 2.24) is 10.1 Å². The summed E-state index contributed by atoms with van der Waals surface area (Å²) in [4.78, 5) is 10.9. The molecule has 2 rings (SSSR count). The first-order valence-corrected chi connectivity index (χ1v) is 5.12. The fourth-order valence-electron chi connectivity index (χ4n) is 1.99. The van der Waals surface area contributed by atoms with Crippen LogP contribution in [0.2, 0.25) is 0 Å². The molecule has 0 bridgehead atoms. The van der Waals surface area contributed by atoms with E-state index in [9.17, 15) is 4.79 Å². The zero-order chi connectivity index (χ0) is 9.97. The molecule has 2 heterocycles. The van der Waals surface area contributed by atoms with Gasteiger partial charge in [-0.2, -0.15) is 0 Å². The molecule has 1 atom stereocenters. The summed E-state index contributed by atoms with van der Waals surface area (Å²) in [5.74, 6) is 0.764. The molecule has 1 aliphatic heterocycles. The van der Waals surface area contributed by atoms with Crippen molar-refractivity contribution in [3.8, 4) is 0 Å². The smallest absolute Gasteiger partial charge is 0.337 e. The molecule has 78 valence electrons. The van der Waals surface area contributed by atoms with Crippen LogP contribution in [0.4, 0.5) is 0 Å². The van der Waals surface area contributed by atoms with Gasteiger partial charge in [-0.05, 0) is 38.3 Å². The second-order valence-corrected chi connectivity index (χ2v) is 3.94. The van der Waals surface area contributed by atoms with Crippen molar-refractivity contribution in [2.24, 2.45) is 13.0 Å². The van der Waals surface area contributed by atoms with Gasteiger partial charge < -0.3 is 9.84 Å². The maximum atomic E-state index is 10.9. The van der Waals surface area contributed by atoms with Gasteiger partial charge >= 0.3 is 5.63 Å². The largest absolute Gasteiger partial charge is 0.357 e. The minimum atomic E-state index is -0.243. The highest BCUT2D eigenvalue weighted by atomic mass is 16.5. The van der Waals surface area contributed by atoms with Gasteiger partial charge in [-0.1, -0.05) is 0 Å². The number of hydrogen-bond donors (Lipinski definition) is 1. The first-order valence-electron chi connectivity index (χ1n) is 5.12. The van der Waals surface area contributed by atoms with E-state index in [0.717, 1.165) is 37.5 Å². The SMILES string of the molecule is Cn1oc(=O)cc1CCC1CCNC1. The monoisotopic (exact) mass is 196 g/mol. The number of nitrogens with one attached hydrogen (secondary N) is 1. The lowest BCUT2D eigenvalue weighted by atomic mass is 10.0. The number of rotatable bonds is 3. The number of hydrogen-bond acceptors (Lipinski definition) is 3. The lowest BCUT2D eigenvalue weighted by Crippen LogP contribution is -2.10. The molecule has 0 radical (unpaired) electrons. The molecule has 0 spiro atoms. The number of aryl methyl sites for hydroxylation is 2. The minimum Gasteiger partial charge on any atom is -0.337 e. The molecule has 0 aromatic carbocycles. The Morgan fingerprint density at radius 2 is 2.57 bits per heavy atom. The molecular weight excluding hydrogens is 180 g/mol. The third kappa shape index (κ3) is 2.07. The molecule has 1 saturated heterocycles. The predicted molar refractivity (Wildman–Crippen MR) is 53.2 cm³/mol. The molecule has 4 heteroatoms. The van der Waals surface area contributed by atoms with Gasteiger partial charge in [0.05, 0.1) is 5.69 Å². The lowest BCUT2D eigenvalue weighted by molar-refractivity contribution is 0.275. The van der Waals surface area contributed by atoms with Gasteiger partial charge in [0, 0.05) is 13.1 Å². The van der Waals surface area contributed by atoms with Gasteiger partial charge in [-0.25, -0.2) is 9.53 Å².